The van der Waals surface area contributed by atoms with Gasteiger partial charge in [-0.05, 0) is 52.4 Å². The van der Waals surface area contributed by atoms with Crippen molar-refractivity contribution in [2.75, 3.05) is 40.2 Å². The third-order valence-electron chi connectivity index (χ3n) is 2.80. The molecule has 0 aromatic heterocycles. The summed E-state index contributed by atoms with van der Waals surface area (Å²) in [5, 5.41) is 0. The average Bonchev–Trinajstić information content (AvgIpc) is 2.05. The molecule has 1 aliphatic heterocycles. The van der Waals surface area contributed by atoms with E-state index in [2.05, 4.69) is 4.90 Å². The predicted molar refractivity (Wildman–Crippen MR) is 56.8 cm³/mol. The normalized spacial score (nSPS) is 19.9. The number of hydrogen-bond donors (Lipinski definition) is 0. The van der Waals surface area contributed by atoms with Crippen molar-refractivity contribution in [1.29, 1.82) is 0 Å². The zero-order chi connectivity index (χ0) is 11.5. The largest absolute Gasteiger partial charge is 1.00 e. The summed E-state index contributed by atoms with van der Waals surface area (Å²) in [6, 6.07) is 0. The first kappa shape index (κ1) is 17.4. The van der Waals surface area contributed by atoms with Crippen LogP contribution in [0.2, 0.25) is 0 Å². The van der Waals surface area contributed by atoms with Gasteiger partial charge in [-0.25, -0.2) is 0 Å². The van der Waals surface area contributed by atoms with Crippen LogP contribution in [0.15, 0.2) is 0 Å². The fourth-order valence-electron chi connectivity index (χ4n) is 2.16. The smallest absolute Gasteiger partial charge is 0.448 e. The van der Waals surface area contributed by atoms with E-state index in [0.717, 1.165) is 19.4 Å². The predicted octanol–water partition coefficient (Wildman–Crippen LogP) is -1.35. The molecule has 0 atom stereocenters. The van der Waals surface area contributed by atoms with Crippen LogP contribution in [0, 0.1) is 5.92 Å². The zero-order valence-corrected chi connectivity index (χ0v) is 13.5. The minimum absolute atomic E-state index is 0. The molecule has 2 nitrogen and oxygen atoms in total. The molecule has 7 heteroatoms. The number of piperidine rings is 1. The van der Waals surface area contributed by atoms with Crippen LogP contribution >= 0.6 is 0 Å². The topological polar surface area (TPSA) is 6.48 Å². The fourth-order valence-corrected chi connectivity index (χ4v) is 2.16. The summed E-state index contributed by atoms with van der Waals surface area (Å²) in [4.78, 5) is 3.64. The second kappa shape index (κ2) is 7.76. The van der Waals surface area contributed by atoms with Crippen molar-refractivity contribution < 1.29 is 64.3 Å². The maximum Gasteiger partial charge on any atom is 1.00 e. The molecule has 0 saturated carbocycles. The second-order valence-electron chi connectivity index (χ2n) is 4.72. The van der Waals surface area contributed by atoms with Gasteiger partial charge in [0.05, 0.1) is 0 Å². The van der Waals surface area contributed by atoms with Gasteiger partial charge < -0.3 is 22.7 Å². The van der Waals surface area contributed by atoms with Crippen LogP contribution < -0.4 is 51.4 Å². The molecular weight excluding hydrogens is 243 g/mol. The van der Waals surface area contributed by atoms with Gasteiger partial charge in [0, 0.05) is 6.54 Å². The molecule has 1 saturated heterocycles. The van der Waals surface area contributed by atoms with E-state index in [4.69, 9.17) is 0 Å². The van der Waals surface area contributed by atoms with E-state index >= 15 is 0 Å². The number of nitrogens with zero attached hydrogens (tertiary/aromatic N) is 2. The van der Waals surface area contributed by atoms with Crippen LogP contribution in [0.4, 0.5) is 12.9 Å². The Morgan fingerprint density at radius 2 is 1.69 bits per heavy atom. The molecule has 1 heterocycles. The van der Waals surface area contributed by atoms with E-state index < -0.39 is 13.4 Å². The van der Waals surface area contributed by atoms with Crippen LogP contribution in [0.3, 0.4) is 0 Å². The maximum absolute atomic E-state index is 12.2. The Kier molecular flexibility index (Phi) is 8.44. The second-order valence-corrected chi connectivity index (χ2v) is 4.72. The molecule has 0 spiro atoms. The van der Waals surface area contributed by atoms with Gasteiger partial charge in [0.25, 0.3) is 0 Å². The van der Waals surface area contributed by atoms with Gasteiger partial charge in [0.1, 0.15) is 0 Å². The van der Waals surface area contributed by atoms with Crippen molar-refractivity contribution in [3.8, 4) is 0 Å². The molecule has 0 bridgehead atoms. The Morgan fingerprint density at radius 3 is 2.06 bits per heavy atom. The molecule has 16 heavy (non-hydrogen) atoms. The summed E-state index contributed by atoms with van der Waals surface area (Å²) < 4.78 is 36.5. The SMILES string of the molecule is CN(C)CC1CCN(C[B-](F)(F)F)CC1.[K+]. The Morgan fingerprint density at radius 1 is 1.19 bits per heavy atom. The third kappa shape index (κ3) is 7.68. The minimum Gasteiger partial charge on any atom is -0.448 e. The molecular formula is C9H19BF3KN2. The molecule has 1 aliphatic rings. The van der Waals surface area contributed by atoms with Crippen LogP contribution in [-0.4, -0.2) is 57.0 Å². The van der Waals surface area contributed by atoms with Crippen LogP contribution in [-0.2, 0) is 0 Å². The van der Waals surface area contributed by atoms with Crippen LogP contribution in [0.5, 0.6) is 0 Å². The molecule has 0 aliphatic carbocycles. The van der Waals surface area contributed by atoms with Gasteiger partial charge in [-0.2, -0.15) is 0 Å². The van der Waals surface area contributed by atoms with Gasteiger partial charge in [-0.3, -0.25) is 0 Å². The van der Waals surface area contributed by atoms with Crippen LogP contribution in [0.1, 0.15) is 12.8 Å². The maximum atomic E-state index is 12.2. The molecule has 0 aromatic carbocycles. The summed E-state index contributed by atoms with van der Waals surface area (Å²) >= 11 is 0. The van der Waals surface area contributed by atoms with E-state index in [-0.39, 0.29) is 51.4 Å². The van der Waals surface area contributed by atoms with Crippen molar-refractivity contribution in [2.45, 2.75) is 12.8 Å². The van der Waals surface area contributed by atoms with Crippen molar-refractivity contribution in [3.63, 3.8) is 0 Å². The van der Waals surface area contributed by atoms with Crippen LogP contribution in [0.25, 0.3) is 0 Å². The molecule has 0 amide bonds. The summed E-state index contributed by atoms with van der Waals surface area (Å²) in [6.45, 7) is -2.46. The Balaban J connectivity index is 0.00000225. The molecule has 0 aromatic rings. The molecule has 1 rings (SSSR count). The summed E-state index contributed by atoms with van der Waals surface area (Å²) in [5.74, 6) is 0.567. The van der Waals surface area contributed by atoms with Crippen molar-refractivity contribution in [2.24, 2.45) is 5.92 Å². The summed E-state index contributed by atoms with van der Waals surface area (Å²) in [7, 11) is 4.01. The van der Waals surface area contributed by atoms with Gasteiger partial charge >= 0.3 is 58.4 Å². The minimum atomic E-state index is -4.65. The number of rotatable bonds is 4. The summed E-state index contributed by atoms with van der Waals surface area (Å²) in [5.41, 5.74) is 0. The zero-order valence-electron chi connectivity index (χ0n) is 10.4. The Labute approximate surface area is 138 Å². The Bertz CT molecular complexity index is 194. The van der Waals surface area contributed by atoms with E-state index in [9.17, 15) is 12.9 Å². The standard InChI is InChI=1S/C9H19BF3N2.K/c1-14(2)7-9-3-5-15(6-4-9)8-10(11,12)13;/h9H,3-8H2,1-2H3;/q-1;+1. The third-order valence-corrected chi connectivity index (χ3v) is 2.80. The first-order chi connectivity index (χ1) is 6.87. The molecule has 90 valence electrons. The van der Waals surface area contributed by atoms with Gasteiger partial charge in [-0.1, -0.05) is 0 Å². The first-order valence-electron chi connectivity index (χ1n) is 5.45. The molecule has 0 unspecified atom stereocenters. The quantitative estimate of drug-likeness (QED) is 0.578. The van der Waals surface area contributed by atoms with Crippen molar-refractivity contribution in [3.05, 3.63) is 0 Å². The van der Waals surface area contributed by atoms with Gasteiger partial charge in [-0.15, -0.1) is 0 Å². The number of hydrogen-bond acceptors (Lipinski definition) is 2. The molecule has 0 radical (unpaired) electrons. The van der Waals surface area contributed by atoms with E-state index in [1.165, 1.54) is 4.90 Å². The summed E-state index contributed by atoms with van der Waals surface area (Å²) in [6.07, 6.45) is 1.10. The van der Waals surface area contributed by atoms with Gasteiger partial charge in [0.15, 0.2) is 0 Å². The number of likely N-dealkylation sites (tertiary alicyclic amines) is 1. The monoisotopic (exact) mass is 262 g/mol. The van der Waals surface area contributed by atoms with E-state index in [0.29, 0.717) is 19.0 Å². The van der Waals surface area contributed by atoms with Gasteiger partial charge in [0.2, 0.25) is 0 Å². The number of halogens is 3. The molecule has 0 N–H and O–H groups in total. The Hall–Kier alpha value is 1.41. The van der Waals surface area contributed by atoms with E-state index in [1.54, 1.807) is 0 Å². The first-order valence-corrected chi connectivity index (χ1v) is 5.45. The fraction of sp³-hybridized carbons (Fsp3) is 1.00. The van der Waals surface area contributed by atoms with Crippen molar-refractivity contribution >= 4 is 6.98 Å². The molecule has 1 fully saturated rings. The van der Waals surface area contributed by atoms with E-state index in [1.807, 2.05) is 14.1 Å². The van der Waals surface area contributed by atoms with Crippen molar-refractivity contribution in [1.82, 2.24) is 9.80 Å². The average molecular weight is 262 g/mol.